The van der Waals surface area contributed by atoms with E-state index in [-0.39, 0.29) is 23.7 Å². The lowest BCUT2D eigenvalue weighted by Crippen LogP contribution is -2.33. The van der Waals surface area contributed by atoms with Crippen molar-refractivity contribution >= 4 is 21.6 Å². The van der Waals surface area contributed by atoms with Crippen molar-refractivity contribution in [1.82, 2.24) is 8.87 Å². The summed E-state index contributed by atoms with van der Waals surface area (Å²) >= 11 is 0. The van der Waals surface area contributed by atoms with E-state index in [0.717, 1.165) is 29.0 Å². The smallest absolute Gasteiger partial charge is 0.251 e. The number of rotatable bonds is 7. The molecular weight excluding hydrogens is 380 g/mol. The fourth-order valence-electron chi connectivity index (χ4n) is 2.43. The molecule has 0 aliphatic heterocycles. The lowest BCUT2D eigenvalue weighted by Gasteiger charge is -2.19. The van der Waals surface area contributed by atoms with Crippen molar-refractivity contribution in [3.05, 3.63) is 58.5 Å². The molecule has 1 aromatic carbocycles. The van der Waals surface area contributed by atoms with Crippen molar-refractivity contribution in [3.63, 3.8) is 0 Å². The van der Waals surface area contributed by atoms with Crippen LogP contribution in [0.1, 0.15) is 13.8 Å². The molecule has 2 rings (SSSR count). The fourth-order valence-corrected chi connectivity index (χ4v) is 3.91. The predicted molar refractivity (Wildman–Crippen MR) is 95.8 cm³/mol. The molecule has 0 saturated carbocycles. The monoisotopic (exact) mass is 399 g/mol. The Kier molecular flexibility index (Phi) is 6.45. The Morgan fingerprint density at radius 2 is 1.81 bits per heavy atom. The van der Waals surface area contributed by atoms with Gasteiger partial charge < -0.3 is 9.88 Å². The van der Waals surface area contributed by atoms with Crippen LogP contribution in [-0.2, 0) is 21.4 Å². The molecule has 7 nitrogen and oxygen atoms in total. The first-order valence-electron chi connectivity index (χ1n) is 8.14. The van der Waals surface area contributed by atoms with Crippen molar-refractivity contribution in [2.24, 2.45) is 0 Å². The predicted octanol–water partition coefficient (Wildman–Crippen LogP) is 1.80. The van der Waals surface area contributed by atoms with E-state index in [1.54, 1.807) is 13.8 Å². The van der Waals surface area contributed by atoms with Crippen LogP contribution < -0.4 is 10.9 Å². The number of hydrogen-bond acceptors (Lipinski definition) is 4. The minimum Gasteiger partial charge on any atom is -0.322 e. The summed E-state index contributed by atoms with van der Waals surface area (Å²) < 4.78 is 53.7. The summed E-state index contributed by atoms with van der Waals surface area (Å²) in [6.45, 7) is 3.34. The second-order valence-corrected chi connectivity index (χ2v) is 7.53. The first-order valence-corrected chi connectivity index (χ1v) is 9.58. The molecule has 1 N–H and O–H groups in total. The van der Waals surface area contributed by atoms with Crippen molar-refractivity contribution in [2.75, 3.05) is 18.4 Å². The molecule has 0 aliphatic rings. The van der Waals surface area contributed by atoms with Crippen LogP contribution in [0, 0.1) is 11.6 Å². The number of pyridine rings is 1. The molecule has 1 amide bonds. The van der Waals surface area contributed by atoms with E-state index in [1.165, 1.54) is 10.4 Å². The SMILES string of the molecule is CCN(CC)S(=O)(=O)c1ccc(=O)n(CC(=O)Nc2ccc(F)cc2F)c1. The quantitative estimate of drug-likeness (QED) is 0.769. The maximum Gasteiger partial charge on any atom is 0.251 e. The normalized spacial score (nSPS) is 11.6. The lowest BCUT2D eigenvalue weighted by molar-refractivity contribution is -0.116. The third kappa shape index (κ3) is 4.77. The van der Waals surface area contributed by atoms with Gasteiger partial charge in [0.15, 0.2) is 0 Å². The standard InChI is InChI=1S/C17H19F2N3O4S/c1-3-22(4-2)27(25,26)13-6-8-17(24)21(10-13)11-16(23)20-15-7-5-12(18)9-14(15)19/h5-10H,3-4,11H2,1-2H3,(H,20,23). The van der Waals surface area contributed by atoms with Gasteiger partial charge in [-0.05, 0) is 18.2 Å². The van der Waals surface area contributed by atoms with Crippen LogP contribution in [0.25, 0.3) is 0 Å². The van der Waals surface area contributed by atoms with Crippen molar-refractivity contribution in [2.45, 2.75) is 25.3 Å². The number of nitrogens with one attached hydrogen (secondary N) is 1. The number of sulfonamides is 1. The van der Waals surface area contributed by atoms with Crippen LogP contribution in [0.4, 0.5) is 14.5 Å². The molecule has 0 fully saturated rings. The van der Waals surface area contributed by atoms with Gasteiger partial charge in [-0.25, -0.2) is 17.2 Å². The summed E-state index contributed by atoms with van der Waals surface area (Å²) in [4.78, 5) is 23.9. The van der Waals surface area contributed by atoms with Gasteiger partial charge in [-0.1, -0.05) is 13.8 Å². The number of hydrogen-bond donors (Lipinski definition) is 1. The van der Waals surface area contributed by atoms with E-state index in [1.807, 2.05) is 0 Å². The lowest BCUT2D eigenvalue weighted by atomic mass is 10.3. The first kappa shape index (κ1) is 20.7. The van der Waals surface area contributed by atoms with E-state index < -0.39 is 39.7 Å². The van der Waals surface area contributed by atoms with Gasteiger partial charge in [0.25, 0.3) is 5.56 Å². The summed E-state index contributed by atoms with van der Waals surface area (Å²) in [7, 11) is -3.81. The number of carbonyl (C=O) groups is 1. The highest BCUT2D eigenvalue weighted by atomic mass is 32.2. The summed E-state index contributed by atoms with van der Waals surface area (Å²) in [6, 6.07) is 4.85. The van der Waals surface area contributed by atoms with Gasteiger partial charge in [-0.3, -0.25) is 9.59 Å². The number of carbonyl (C=O) groups excluding carboxylic acids is 1. The number of aromatic nitrogens is 1. The minimum atomic E-state index is -3.81. The average Bonchev–Trinajstić information content (AvgIpc) is 2.60. The Morgan fingerprint density at radius 1 is 1.15 bits per heavy atom. The van der Waals surface area contributed by atoms with Crippen LogP contribution in [0.5, 0.6) is 0 Å². The molecule has 0 saturated heterocycles. The number of amides is 1. The zero-order valence-corrected chi connectivity index (χ0v) is 15.6. The van der Waals surface area contributed by atoms with Crippen molar-refractivity contribution in [3.8, 4) is 0 Å². The first-order chi connectivity index (χ1) is 12.7. The summed E-state index contributed by atoms with van der Waals surface area (Å²) in [5, 5.41) is 2.22. The van der Waals surface area contributed by atoms with Crippen LogP contribution in [0.3, 0.4) is 0 Å². The highest BCUT2D eigenvalue weighted by molar-refractivity contribution is 7.89. The summed E-state index contributed by atoms with van der Waals surface area (Å²) in [5.74, 6) is -2.52. The molecule has 0 bridgehead atoms. The Bertz CT molecular complexity index is 1000. The molecule has 1 heterocycles. The largest absolute Gasteiger partial charge is 0.322 e. The zero-order chi connectivity index (χ0) is 20.2. The van der Waals surface area contributed by atoms with Gasteiger partial charge in [0.1, 0.15) is 18.2 Å². The Morgan fingerprint density at radius 3 is 2.41 bits per heavy atom. The van der Waals surface area contributed by atoms with E-state index in [2.05, 4.69) is 5.32 Å². The number of nitrogens with zero attached hydrogens (tertiary/aromatic N) is 2. The molecule has 0 atom stereocenters. The van der Waals surface area contributed by atoms with E-state index in [9.17, 15) is 26.8 Å². The Balaban J connectivity index is 2.26. The molecular formula is C17H19F2N3O4S. The van der Waals surface area contributed by atoms with Gasteiger partial charge in [-0.15, -0.1) is 0 Å². The molecule has 146 valence electrons. The van der Waals surface area contributed by atoms with Crippen LogP contribution in [-0.4, -0.2) is 36.3 Å². The van der Waals surface area contributed by atoms with E-state index in [4.69, 9.17) is 0 Å². The molecule has 10 heteroatoms. The summed E-state index contributed by atoms with van der Waals surface area (Å²) in [5.41, 5.74) is -0.843. The van der Waals surface area contributed by atoms with Gasteiger partial charge in [0.05, 0.1) is 10.6 Å². The second-order valence-electron chi connectivity index (χ2n) is 5.59. The van der Waals surface area contributed by atoms with Crippen molar-refractivity contribution < 1.29 is 22.0 Å². The molecule has 0 radical (unpaired) electrons. The maximum absolute atomic E-state index is 13.6. The molecule has 1 aromatic heterocycles. The number of benzene rings is 1. The third-order valence-corrected chi connectivity index (χ3v) is 5.85. The van der Waals surface area contributed by atoms with E-state index >= 15 is 0 Å². The average molecular weight is 399 g/mol. The van der Waals surface area contributed by atoms with E-state index in [0.29, 0.717) is 6.07 Å². The van der Waals surface area contributed by atoms with Gasteiger partial charge >= 0.3 is 0 Å². The second kappa shape index (κ2) is 8.40. The topological polar surface area (TPSA) is 88.5 Å². The summed E-state index contributed by atoms with van der Waals surface area (Å²) in [6.07, 6.45) is 1.07. The Labute approximate surface area is 155 Å². The molecule has 2 aromatic rings. The third-order valence-electron chi connectivity index (χ3n) is 3.82. The van der Waals surface area contributed by atoms with Crippen LogP contribution in [0.15, 0.2) is 46.2 Å². The molecule has 0 unspecified atom stereocenters. The Hall–Kier alpha value is -2.59. The fraction of sp³-hybridized carbons (Fsp3) is 0.294. The van der Waals surface area contributed by atoms with Crippen LogP contribution >= 0.6 is 0 Å². The number of anilines is 1. The highest BCUT2D eigenvalue weighted by Gasteiger charge is 2.22. The molecule has 0 spiro atoms. The highest BCUT2D eigenvalue weighted by Crippen LogP contribution is 2.16. The maximum atomic E-state index is 13.6. The molecule has 0 aliphatic carbocycles. The molecule has 27 heavy (non-hydrogen) atoms. The van der Waals surface area contributed by atoms with Gasteiger partial charge in [0.2, 0.25) is 15.9 Å². The van der Waals surface area contributed by atoms with Gasteiger partial charge in [0, 0.05) is 31.4 Å². The minimum absolute atomic E-state index is 0.133. The number of halogens is 2. The zero-order valence-electron chi connectivity index (χ0n) is 14.8. The van der Waals surface area contributed by atoms with Crippen LogP contribution in [0.2, 0.25) is 0 Å². The van der Waals surface area contributed by atoms with Crippen molar-refractivity contribution in [1.29, 1.82) is 0 Å². The van der Waals surface area contributed by atoms with Gasteiger partial charge in [-0.2, -0.15) is 4.31 Å².